The number of carbonyl (C=O) groups excluding carboxylic acids is 2. The molecule has 2 rings (SSSR count). The molecule has 0 aromatic heterocycles. The van der Waals surface area contributed by atoms with Crippen molar-refractivity contribution in [2.45, 2.75) is 0 Å². The number of halogens is 2. The van der Waals surface area contributed by atoms with Gasteiger partial charge in [-0.3, -0.25) is 9.59 Å². The molecule has 0 bridgehead atoms. The molecule has 100 valence electrons. The number of carbonyl (C=O) groups is 2. The lowest BCUT2D eigenvalue weighted by atomic mass is 10.2. The van der Waals surface area contributed by atoms with Crippen molar-refractivity contribution in [2.24, 2.45) is 10.2 Å². The van der Waals surface area contributed by atoms with Gasteiger partial charge in [0.25, 0.3) is 10.5 Å². The van der Waals surface area contributed by atoms with Gasteiger partial charge >= 0.3 is 0 Å². The van der Waals surface area contributed by atoms with Gasteiger partial charge in [0.05, 0.1) is 11.4 Å². The number of azo groups is 1. The number of nitrogens with zero attached hydrogens (tertiary/aromatic N) is 2. The molecule has 6 heteroatoms. The van der Waals surface area contributed by atoms with Crippen LogP contribution < -0.4 is 0 Å². The molecule has 0 atom stereocenters. The standard InChI is InChI=1S/C14H8Cl2N2O2/c15-13(19)9-1-5-11(6-2-9)17-18-12-7-3-10(4-8-12)14(16)20/h1-8H/b18-17+. The van der Waals surface area contributed by atoms with E-state index < -0.39 is 10.5 Å². The van der Waals surface area contributed by atoms with E-state index in [1.165, 1.54) is 0 Å². The minimum absolute atomic E-state index is 0.399. The van der Waals surface area contributed by atoms with Gasteiger partial charge in [-0.15, -0.1) is 0 Å². The maximum atomic E-state index is 10.9. The third-order valence-electron chi connectivity index (χ3n) is 2.47. The third kappa shape index (κ3) is 3.73. The average molecular weight is 307 g/mol. The van der Waals surface area contributed by atoms with E-state index in [9.17, 15) is 9.59 Å². The summed E-state index contributed by atoms with van der Waals surface area (Å²) in [6.07, 6.45) is 0. The molecule has 0 radical (unpaired) electrons. The van der Waals surface area contributed by atoms with Gasteiger partial charge in [0.2, 0.25) is 0 Å². The van der Waals surface area contributed by atoms with Crippen LogP contribution in [-0.4, -0.2) is 10.5 Å². The predicted molar refractivity (Wildman–Crippen MR) is 77.4 cm³/mol. The van der Waals surface area contributed by atoms with Crippen LogP contribution in [0.25, 0.3) is 0 Å². The summed E-state index contributed by atoms with van der Waals surface area (Å²) in [6, 6.07) is 12.8. The topological polar surface area (TPSA) is 58.9 Å². The van der Waals surface area contributed by atoms with Crippen LogP contribution in [-0.2, 0) is 0 Å². The van der Waals surface area contributed by atoms with Gasteiger partial charge in [-0.05, 0) is 71.7 Å². The molecule has 0 N–H and O–H groups in total. The third-order valence-corrected chi connectivity index (χ3v) is 2.91. The SMILES string of the molecule is O=C(Cl)c1ccc(/N=N/c2ccc(C(=O)Cl)cc2)cc1. The Hall–Kier alpha value is -2.04. The fourth-order valence-corrected chi connectivity index (χ4v) is 1.69. The highest BCUT2D eigenvalue weighted by molar-refractivity contribution is 6.68. The summed E-state index contributed by atoms with van der Waals surface area (Å²) in [5.41, 5.74) is 1.97. The minimum Gasteiger partial charge on any atom is -0.276 e. The van der Waals surface area contributed by atoms with E-state index in [0.29, 0.717) is 22.5 Å². The van der Waals surface area contributed by atoms with Gasteiger partial charge < -0.3 is 0 Å². The molecule has 20 heavy (non-hydrogen) atoms. The number of hydrogen-bond donors (Lipinski definition) is 0. The van der Waals surface area contributed by atoms with Crippen LogP contribution in [0, 0.1) is 0 Å². The highest BCUT2D eigenvalue weighted by Crippen LogP contribution is 2.20. The summed E-state index contributed by atoms with van der Waals surface area (Å²) in [5, 5.41) is 6.97. The Morgan fingerprint density at radius 1 is 0.650 bits per heavy atom. The maximum absolute atomic E-state index is 10.9. The predicted octanol–water partition coefficient (Wildman–Crippen LogP) is 4.86. The van der Waals surface area contributed by atoms with Crippen molar-refractivity contribution in [1.82, 2.24) is 0 Å². The Balaban J connectivity index is 2.12. The summed E-state index contributed by atoms with van der Waals surface area (Å²) < 4.78 is 0. The quantitative estimate of drug-likeness (QED) is 0.598. The molecule has 2 aromatic carbocycles. The van der Waals surface area contributed by atoms with E-state index in [0.717, 1.165) is 0 Å². The number of rotatable bonds is 4. The first-order chi connectivity index (χ1) is 9.56. The molecule has 2 aromatic rings. The summed E-state index contributed by atoms with van der Waals surface area (Å²) >= 11 is 10.7. The Bertz CT molecular complexity index is 605. The van der Waals surface area contributed by atoms with Gasteiger partial charge in [0.15, 0.2) is 0 Å². The van der Waals surface area contributed by atoms with E-state index in [-0.39, 0.29) is 0 Å². The lowest BCUT2D eigenvalue weighted by Crippen LogP contribution is -1.86. The van der Waals surface area contributed by atoms with Crippen LogP contribution in [0.3, 0.4) is 0 Å². The van der Waals surface area contributed by atoms with Crippen LogP contribution in [0.1, 0.15) is 20.7 Å². The van der Waals surface area contributed by atoms with Crippen molar-refractivity contribution in [3.8, 4) is 0 Å². The van der Waals surface area contributed by atoms with E-state index in [1.54, 1.807) is 48.5 Å². The van der Waals surface area contributed by atoms with E-state index >= 15 is 0 Å². The Morgan fingerprint density at radius 3 is 1.20 bits per heavy atom. The van der Waals surface area contributed by atoms with Gasteiger partial charge in [0.1, 0.15) is 0 Å². The first kappa shape index (κ1) is 14.4. The fraction of sp³-hybridized carbons (Fsp3) is 0. The van der Waals surface area contributed by atoms with E-state index in [1.807, 2.05) is 0 Å². The molecule has 0 fully saturated rings. The largest absolute Gasteiger partial charge is 0.276 e. The van der Waals surface area contributed by atoms with Crippen molar-refractivity contribution in [3.05, 3.63) is 59.7 Å². The molecular weight excluding hydrogens is 299 g/mol. The van der Waals surface area contributed by atoms with Crippen molar-refractivity contribution < 1.29 is 9.59 Å². The van der Waals surface area contributed by atoms with Crippen molar-refractivity contribution in [3.63, 3.8) is 0 Å². The highest BCUT2D eigenvalue weighted by Gasteiger charge is 2.01. The molecule has 0 aliphatic heterocycles. The molecule has 0 spiro atoms. The van der Waals surface area contributed by atoms with Crippen LogP contribution in [0.4, 0.5) is 11.4 Å². The molecule has 0 unspecified atom stereocenters. The smallest absolute Gasteiger partial charge is 0.252 e. The second kappa shape index (κ2) is 6.41. The second-order valence-electron chi connectivity index (χ2n) is 3.84. The fourth-order valence-electron chi connectivity index (χ4n) is 1.43. The second-order valence-corrected chi connectivity index (χ2v) is 4.53. The van der Waals surface area contributed by atoms with Crippen LogP contribution in [0.5, 0.6) is 0 Å². The van der Waals surface area contributed by atoms with Gasteiger partial charge in [0, 0.05) is 11.1 Å². The van der Waals surface area contributed by atoms with Gasteiger partial charge in [-0.25, -0.2) is 0 Å². The number of benzene rings is 2. The normalized spacial score (nSPS) is 10.7. The zero-order valence-electron chi connectivity index (χ0n) is 10.1. The first-order valence-electron chi connectivity index (χ1n) is 5.58. The van der Waals surface area contributed by atoms with Gasteiger partial charge in [-0.1, -0.05) is 0 Å². The van der Waals surface area contributed by atoms with Crippen LogP contribution in [0.15, 0.2) is 58.8 Å². The average Bonchev–Trinajstić information content (AvgIpc) is 2.46. The molecule has 0 aliphatic carbocycles. The lowest BCUT2D eigenvalue weighted by molar-refractivity contribution is 0.107. The summed E-state index contributed by atoms with van der Waals surface area (Å²) in [7, 11) is 0. The van der Waals surface area contributed by atoms with E-state index in [4.69, 9.17) is 23.2 Å². The molecule has 0 aliphatic rings. The van der Waals surface area contributed by atoms with Crippen molar-refractivity contribution in [2.75, 3.05) is 0 Å². The zero-order valence-corrected chi connectivity index (χ0v) is 11.6. The monoisotopic (exact) mass is 306 g/mol. The molecule has 4 nitrogen and oxygen atoms in total. The van der Waals surface area contributed by atoms with Crippen molar-refractivity contribution >= 4 is 45.1 Å². The molecule has 0 saturated heterocycles. The van der Waals surface area contributed by atoms with Crippen molar-refractivity contribution in [1.29, 1.82) is 0 Å². The molecule has 0 saturated carbocycles. The van der Waals surface area contributed by atoms with E-state index in [2.05, 4.69) is 10.2 Å². The number of hydrogen-bond acceptors (Lipinski definition) is 4. The van der Waals surface area contributed by atoms with Gasteiger partial charge in [-0.2, -0.15) is 10.2 Å². The zero-order chi connectivity index (χ0) is 14.5. The van der Waals surface area contributed by atoms with Crippen LogP contribution in [0.2, 0.25) is 0 Å². The minimum atomic E-state index is -0.519. The molecule has 0 heterocycles. The Kier molecular flexibility index (Phi) is 4.61. The highest BCUT2D eigenvalue weighted by atomic mass is 35.5. The lowest BCUT2D eigenvalue weighted by Gasteiger charge is -1.96. The summed E-state index contributed by atoms with van der Waals surface area (Å²) in [4.78, 5) is 21.8. The molecule has 0 amide bonds. The summed E-state index contributed by atoms with van der Waals surface area (Å²) in [6.45, 7) is 0. The Labute approximate surface area is 125 Å². The Morgan fingerprint density at radius 2 is 0.950 bits per heavy atom. The first-order valence-corrected chi connectivity index (χ1v) is 6.33. The van der Waals surface area contributed by atoms with Crippen LogP contribution >= 0.6 is 23.2 Å². The molecular formula is C14H8Cl2N2O2. The maximum Gasteiger partial charge on any atom is 0.252 e. The summed E-state index contributed by atoms with van der Waals surface area (Å²) in [5.74, 6) is 0.